The van der Waals surface area contributed by atoms with E-state index < -0.39 is 0 Å². The molecule has 1 aliphatic carbocycles. The summed E-state index contributed by atoms with van der Waals surface area (Å²) in [4.78, 5) is 0. The molecule has 0 bridgehead atoms. The number of nitrogens with one attached hydrogen (secondary N) is 1. The quantitative estimate of drug-likeness (QED) is 0.708. The van der Waals surface area contributed by atoms with E-state index in [1.807, 2.05) is 6.92 Å². The van der Waals surface area contributed by atoms with E-state index in [4.69, 9.17) is 10.00 Å². The first-order valence-electron chi connectivity index (χ1n) is 6.11. The second-order valence-electron chi connectivity index (χ2n) is 4.19. The Labute approximate surface area is 92.8 Å². The number of hydrogen-bond donors (Lipinski definition) is 1. The van der Waals surface area contributed by atoms with Crippen LogP contribution in [-0.2, 0) is 4.74 Å². The molecule has 0 saturated heterocycles. The minimum atomic E-state index is -0.141. The number of ether oxygens (including phenoxy) is 1. The highest BCUT2D eigenvalue weighted by molar-refractivity contribution is 4.89. The smallest absolute Gasteiger partial charge is 0.119 e. The second-order valence-corrected chi connectivity index (χ2v) is 4.19. The van der Waals surface area contributed by atoms with Crippen molar-refractivity contribution in [2.75, 3.05) is 13.2 Å². The minimum Gasteiger partial charge on any atom is -0.375 e. The van der Waals surface area contributed by atoms with Crippen molar-refractivity contribution in [2.24, 2.45) is 0 Å². The number of hydrogen-bond acceptors (Lipinski definition) is 3. The maximum atomic E-state index is 8.85. The molecule has 1 rings (SSSR count). The van der Waals surface area contributed by atoms with E-state index in [2.05, 4.69) is 11.4 Å². The molecular weight excluding hydrogens is 188 g/mol. The molecule has 0 aliphatic heterocycles. The van der Waals surface area contributed by atoms with Gasteiger partial charge in [-0.1, -0.05) is 32.6 Å². The molecule has 86 valence electrons. The van der Waals surface area contributed by atoms with Gasteiger partial charge < -0.3 is 10.1 Å². The topological polar surface area (TPSA) is 45.0 Å². The molecule has 1 N–H and O–H groups in total. The van der Waals surface area contributed by atoms with Gasteiger partial charge in [-0.05, 0) is 19.4 Å². The van der Waals surface area contributed by atoms with E-state index in [0.29, 0.717) is 12.7 Å². The third-order valence-corrected chi connectivity index (χ3v) is 2.91. The lowest BCUT2D eigenvalue weighted by atomic mass is 10.1. The second kappa shape index (κ2) is 7.67. The zero-order chi connectivity index (χ0) is 10.9. The molecule has 15 heavy (non-hydrogen) atoms. The molecular formula is C12H22N2O. The lowest BCUT2D eigenvalue weighted by Gasteiger charge is -2.17. The number of nitriles is 1. The predicted octanol–water partition coefficient (Wildman–Crippen LogP) is 2.23. The van der Waals surface area contributed by atoms with E-state index >= 15 is 0 Å². The van der Waals surface area contributed by atoms with Crippen LogP contribution in [0.15, 0.2) is 0 Å². The van der Waals surface area contributed by atoms with E-state index in [1.54, 1.807) is 0 Å². The summed E-state index contributed by atoms with van der Waals surface area (Å²) in [5.41, 5.74) is 0. The van der Waals surface area contributed by atoms with E-state index in [1.165, 1.54) is 38.5 Å². The van der Waals surface area contributed by atoms with Crippen molar-refractivity contribution in [3.8, 4) is 6.07 Å². The van der Waals surface area contributed by atoms with E-state index in [0.717, 1.165) is 6.54 Å². The van der Waals surface area contributed by atoms with Gasteiger partial charge in [0.2, 0.25) is 0 Å². The highest BCUT2D eigenvalue weighted by Crippen LogP contribution is 2.19. The average molecular weight is 210 g/mol. The van der Waals surface area contributed by atoms with Gasteiger partial charge in [0.05, 0.1) is 18.8 Å². The maximum Gasteiger partial charge on any atom is 0.119 e. The molecule has 0 aromatic heterocycles. The van der Waals surface area contributed by atoms with Crippen LogP contribution < -0.4 is 5.32 Å². The minimum absolute atomic E-state index is 0.141. The normalized spacial score (nSPS) is 20.5. The maximum absolute atomic E-state index is 8.85. The van der Waals surface area contributed by atoms with Gasteiger partial charge >= 0.3 is 0 Å². The van der Waals surface area contributed by atoms with Crippen LogP contribution in [0.5, 0.6) is 0 Å². The number of nitrogens with zero attached hydrogens (tertiary/aromatic N) is 1. The summed E-state index contributed by atoms with van der Waals surface area (Å²) >= 11 is 0. The standard InChI is InChI=1S/C12H22N2O/c1-2-14-11(9-13)10-15-12-7-5-3-4-6-8-12/h11-12,14H,2-8,10H2,1H3. The van der Waals surface area contributed by atoms with Crippen LogP contribution in [0.3, 0.4) is 0 Å². The van der Waals surface area contributed by atoms with Crippen molar-refractivity contribution in [1.29, 1.82) is 5.26 Å². The van der Waals surface area contributed by atoms with Gasteiger partial charge in [0.1, 0.15) is 6.04 Å². The van der Waals surface area contributed by atoms with Crippen molar-refractivity contribution in [1.82, 2.24) is 5.32 Å². The predicted molar refractivity (Wildman–Crippen MR) is 60.5 cm³/mol. The fraction of sp³-hybridized carbons (Fsp3) is 0.917. The Balaban J connectivity index is 2.19. The van der Waals surface area contributed by atoms with E-state index in [9.17, 15) is 0 Å². The first kappa shape index (κ1) is 12.5. The SMILES string of the molecule is CCNC(C#N)COC1CCCCCC1. The van der Waals surface area contributed by atoms with Gasteiger partial charge in [-0.25, -0.2) is 0 Å². The van der Waals surface area contributed by atoms with Crippen LogP contribution in [0.25, 0.3) is 0 Å². The molecule has 0 aromatic carbocycles. The largest absolute Gasteiger partial charge is 0.375 e. The summed E-state index contributed by atoms with van der Waals surface area (Å²) in [7, 11) is 0. The van der Waals surface area contributed by atoms with Crippen LogP contribution in [-0.4, -0.2) is 25.3 Å². The molecule has 0 amide bonds. The molecule has 1 saturated carbocycles. The fourth-order valence-corrected chi connectivity index (χ4v) is 2.03. The first-order valence-corrected chi connectivity index (χ1v) is 6.11. The summed E-state index contributed by atoms with van der Waals surface area (Å²) in [6, 6.07) is 2.08. The molecule has 0 aromatic rings. The molecule has 1 fully saturated rings. The third-order valence-electron chi connectivity index (χ3n) is 2.91. The van der Waals surface area contributed by atoms with Crippen molar-refractivity contribution < 1.29 is 4.74 Å². The molecule has 0 heterocycles. The third kappa shape index (κ3) is 5.15. The highest BCUT2D eigenvalue weighted by Gasteiger charge is 2.14. The van der Waals surface area contributed by atoms with Gasteiger partial charge in [0.25, 0.3) is 0 Å². The summed E-state index contributed by atoms with van der Waals surface area (Å²) in [5, 5.41) is 12.0. The van der Waals surface area contributed by atoms with Crippen LogP contribution in [0.1, 0.15) is 45.4 Å². The Morgan fingerprint density at radius 3 is 2.53 bits per heavy atom. The lowest BCUT2D eigenvalue weighted by molar-refractivity contribution is 0.0369. The summed E-state index contributed by atoms with van der Waals surface area (Å²) in [6.07, 6.45) is 7.98. The van der Waals surface area contributed by atoms with E-state index in [-0.39, 0.29) is 6.04 Å². The van der Waals surface area contributed by atoms with Crippen molar-refractivity contribution in [3.63, 3.8) is 0 Å². The molecule has 1 atom stereocenters. The fourth-order valence-electron chi connectivity index (χ4n) is 2.03. The zero-order valence-electron chi connectivity index (χ0n) is 9.67. The monoisotopic (exact) mass is 210 g/mol. The Kier molecular flexibility index (Phi) is 6.38. The number of likely N-dealkylation sites (N-methyl/N-ethyl adjacent to an activating group) is 1. The highest BCUT2D eigenvalue weighted by atomic mass is 16.5. The number of rotatable bonds is 5. The van der Waals surface area contributed by atoms with Crippen molar-refractivity contribution >= 4 is 0 Å². The molecule has 3 nitrogen and oxygen atoms in total. The van der Waals surface area contributed by atoms with Crippen molar-refractivity contribution in [3.05, 3.63) is 0 Å². The summed E-state index contributed by atoms with van der Waals surface area (Å²) < 4.78 is 5.78. The van der Waals surface area contributed by atoms with Crippen LogP contribution >= 0.6 is 0 Å². The molecule has 3 heteroatoms. The van der Waals surface area contributed by atoms with Crippen LogP contribution in [0.2, 0.25) is 0 Å². The van der Waals surface area contributed by atoms with Crippen LogP contribution in [0.4, 0.5) is 0 Å². The summed E-state index contributed by atoms with van der Waals surface area (Å²) in [5.74, 6) is 0. The van der Waals surface area contributed by atoms with Gasteiger partial charge in [-0.3, -0.25) is 0 Å². The molecule has 1 aliphatic rings. The Morgan fingerprint density at radius 2 is 2.00 bits per heavy atom. The van der Waals surface area contributed by atoms with Crippen LogP contribution in [0, 0.1) is 11.3 Å². The first-order chi connectivity index (χ1) is 7.36. The average Bonchev–Trinajstić information content (AvgIpc) is 2.52. The Bertz CT molecular complexity index is 192. The Morgan fingerprint density at radius 1 is 1.33 bits per heavy atom. The summed E-state index contributed by atoms with van der Waals surface area (Å²) in [6.45, 7) is 3.37. The van der Waals surface area contributed by atoms with Gasteiger partial charge in [-0.2, -0.15) is 5.26 Å². The van der Waals surface area contributed by atoms with Gasteiger partial charge in [0.15, 0.2) is 0 Å². The van der Waals surface area contributed by atoms with Crippen molar-refractivity contribution in [2.45, 2.75) is 57.6 Å². The lowest BCUT2D eigenvalue weighted by Crippen LogP contribution is -2.33. The Hall–Kier alpha value is -0.590. The molecule has 1 unspecified atom stereocenters. The van der Waals surface area contributed by atoms with Gasteiger partial charge in [-0.15, -0.1) is 0 Å². The van der Waals surface area contributed by atoms with Gasteiger partial charge in [0, 0.05) is 0 Å². The zero-order valence-corrected chi connectivity index (χ0v) is 9.67. The molecule has 0 radical (unpaired) electrons. The molecule has 0 spiro atoms.